The second kappa shape index (κ2) is 9.49. The molecule has 2 aromatic carbocycles. The molecule has 0 spiro atoms. The molecule has 0 saturated carbocycles. The van der Waals surface area contributed by atoms with Gasteiger partial charge in [-0.1, -0.05) is 35.3 Å². The summed E-state index contributed by atoms with van der Waals surface area (Å²) in [5.74, 6) is 0.258. The summed E-state index contributed by atoms with van der Waals surface area (Å²) in [4.78, 5) is 12.6. The van der Waals surface area contributed by atoms with Crippen LogP contribution in [0.2, 0.25) is 10.0 Å². The van der Waals surface area contributed by atoms with E-state index in [1.807, 2.05) is 31.2 Å². The van der Waals surface area contributed by atoms with Gasteiger partial charge in [0.1, 0.15) is 11.8 Å². The topological polar surface area (TPSA) is 75.7 Å². The smallest absolute Gasteiger partial charge is 0.243 e. The third-order valence-electron chi connectivity index (χ3n) is 3.92. The van der Waals surface area contributed by atoms with Crippen molar-refractivity contribution in [3.63, 3.8) is 0 Å². The van der Waals surface area contributed by atoms with Crippen molar-refractivity contribution < 1.29 is 17.9 Å². The van der Waals surface area contributed by atoms with Crippen LogP contribution in [-0.4, -0.2) is 33.2 Å². The Labute approximate surface area is 175 Å². The Morgan fingerprint density at radius 3 is 2.50 bits per heavy atom. The van der Waals surface area contributed by atoms with Crippen LogP contribution in [0.25, 0.3) is 0 Å². The average molecular weight is 445 g/mol. The Hall–Kier alpha value is -1.96. The SMILES string of the molecule is CCOc1cccc(CNC(=O)[C@H](C)N(c2ccc(Cl)c(Cl)c2)S(C)(=O)=O)c1. The summed E-state index contributed by atoms with van der Waals surface area (Å²) in [6.45, 7) is 4.18. The number of hydrogen-bond donors (Lipinski definition) is 1. The Bertz CT molecular complexity index is 951. The van der Waals surface area contributed by atoms with Crippen LogP contribution in [-0.2, 0) is 21.4 Å². The zero-order chi connectivity index (χ0) is 20.9. The Balaban J connectivity index is 2.17. The van der Waals surface area contributed by atoms with E-state index in [9.17, 15) is 13.2 Å². The molecule has 0 radical (unpaired) electrons. The van der Waals surface area contributed by atoms with Gasteiger partial charge < -0.3 is 10.1 Å². The molecule has 0 bridgehead atoms. The van der Waals surface area contributed by atoms with E-state index in [1.54, 1.807) is 0 Å². The maximum Gasteiger partial charge on any atom is 0.243 e. The van der Waals surface area contributed by atoms with E-state index >= 15 is 0 Å². The lowest BCUT2D eigenvalue weighted by molar-refractivity contribution is -0.122. The van der Waals surface area contributed by atoms with Crippen molar-refractivity contribution in [1.82, 2.24) is 5.32 Å². The standard InChI is InChI=1S/C19H22Cl2N2O4S/c1-4-27-16-7-5-6-14(10-16)12-22-19(24)13(2)23(28(3,25)26)15-8-9-17(20)18(21)11-15/h5-11,13H,4,12H2,1-3H3,(H,22,24)/t13-/m0/s1. The van der Waals surface area contributed by atoms with Crippen molar-refractivity contribution >= 4 is 44.8 Å². The molecule has 0 aliphatic heterocycles. The van der Waals surface area contributed by atoms with Gasteiger partial charge >= 0.3 is 0 Å². The van der Waals surface area contributed by atoms with Gasteiger partial charge in [0.15, 0.2) is 0 Å². The van der Waals surface area contributed by atoms with Crippen LogP contribution in [0.1, 0.15) is 19.4 Å². The number of nitrogens with zero attached hydrogens (tertiary/aromatic N) is 1. The van der Waals surface area contributed by atoms with E-state index < -0.39 is 22.0 Å². The molecule has 0 unspecified atom stereocenters. The number of anilines is 1. The van der Waals surface area contributed by atoms with Crippen LogP contribution in [0.15, 0.2) is 42.5 Å². The first-order valence-electron chi connectivity index (χ1n) is 8.57. The fraction of sp³-hybridized carbons (Fsp3) is 0.316. The van der Waals surface area contributed by atoms with Gasteiger partial charge in [0, 0.05) is 6.54 Å². The number of rotatable bonds is 8. The highest BCUT2D eigenvalue weighted by Crippen LogP contribution is 2.29. The van der Waals surface area contributed by atoms with E-state index in [-0.39, 0.29) is 17.3 Å². The van der Waals surface area contributed by atoms with Gasteiger partial charge in [0.25, 0.3) is 0 Å². The molecule has 2 rings (SSSR count). The van der Waals surface area contributed by atoms with E-state index in [4.69, 9.17) is 27.9 Å². The third-order valence-corrected chi connectivity index (χ3v) is 5.90. The summed E-state index contributed by atoms with van der Waals surface area (Å²) >= 11 is 11.9. The highest BCUT2D eigenvalue weighted by atomic mass is 35.5. The molecule has 28 heavy (non-hydrogen) atoms. The number of ether oxygens (including phenoxy) is 1. The van der Waals surface area contributed by atoms with Gasteiger partial charge in [-0.25, -0.2) is 8.42 Å². The molecule has 0 aromatic heterocycles. The zero-order valence-corrected chi connectivity index (χ0v) is 18.1. The minimum atomic E-state index is -3.74. The van der Waals surface area contributed by atoms with Crippen LogP contribution in [0.4, 0.5) is 5.69 Å². The highest BCUT2D eigenvalue weighted by molar-refractivity contribution is 7.92. The molecular formula is C19H22Cl2N2O4S. The van der Waals surface area contributed by atoms with Crippen LogP contribution in [0, 0.1) is 0 Å². The van der Waals surface area contributed by atoms with E-state index in [1.165, 1.54) is 25.1 Å². The molecule has 1 N–H and O–H groups in total. The van der Waals surface area contributed by atoms with E-state index in [0.29, 0.717) is 17.4 Å². The molecule has 0 saturated heterocycles. The summed E-state index contributed by atoms with van der Waals surface area (Å²) in [6, 6.07) is 10.7. The molecule has 152 valence electrons. The average Bonchev–Trinajstić information content (AvgIpc) is 2.62. The summed E-state index contributed by atoms with van der Waals surface area (Å²) in [7, 11) is -3.74. The second-order valence-electron chi connectivity index (χ2n) is 6.13. The Morgan fingerprint density at radius 2 is 1.89 bits per heavy atom. The molecule has 0 heterocycles. The van der Waals surface area contributed by atoms with Crippen molar-refractivity contribution in [1.29, 1.82) is 0 Å². The summed E-state index contributed by atoms with van der Waals surface area (Å²) < 4.78 is 31.1. The Kier molecular flexibility index (Phi) is 7.57. The van der Waals surface area contributed by atoms with Gasteiger partial charge in [-0.15, -0.1) is 0 Å². The maximum absolute atomic E-state index is 12.6. The fourth-order valence-corrected chi connectivity index (χ4v) is 4.14. The number of nitrogens with one attached hydrogen (secondary N) is 1. The highest BCUT2D eigenvalue weighted by Gasteiger charge is 2.29. The monoisotopic (exact) mass is 444 g/mol. The largest absolute Gasteiger partial charge is 0.494 e. The number of hydrogen-bond acceptors (Lipinski definition) is 4. The van der Waals surface area contributed by atoms with Gasteiger partial charge in [-0.05, 0) is 49.7 Å². The summed E-state index contributed by atoms with van der Waals surface area (Å²) in [5.41, 5.74) is 1.10. The minimum absolute atomic E-state index is 0.202. The number of benzene rings is 2. The van der Waals surface area contributed by atoms with E-state index in [2.05, 4.69) is 5.32 Å². The number of carbonyl (C=O) groups is 1. The van der Waals surface area contributed by atoms with Gasteiger partial charge in [0.05, 0.1) is 28.6 Å². The normalized spacial score (nSPS) is 12.3. The number of amides is 1. The predicted molar refractivity (Wildman–Crippen MR) is 113 cm³/mol. The molecule has 0 aliphatic rings. The van der Waals surface area contributed by atoms with Crippen molar-refractivity contribution in [3.05, 3.63) is 58.1 Å². The summed E-state index contributed by atoms with van der Waals surface area (Å²) in [6.07, 6.45) is 1.03. The predicted octanol–water partition coefficient (Wildman–Crippen LogP) is 3.86. The van der Waals surface area contributed by atoms with Crippen LogP contribution >= 0.6 is 23.2 Å². The van der Waals surface area contributed by atoms with Crippen molar-refractivity contribution in [2.24, 2.45) is 0 Å². The van der Waals surface area contributed by atoms with Crippen LogP contribution < -0.4 is 14.4 Å². The number of halogens is 2. The van der Waals surface area contributed by atoms with Crippen molar-refractivity contribution in [2.45, 2.75) is 26.4 Å². The quantitative estimate of drug-likeness (QED) is 0.670. The minimum Gasteiger partial charge on any atom is -0.494 e. The third kappa shape index (κ3) is 5.77. The molecule has 9 heteroatoms. The molecule has 6 nitrogen and oxygen atoms in total. The van der Waals surface area contributed by atoms with Crippen LogP contribution in [0.3, 0.4) is 0 Å². The van der Waals surface area contributed by atoms with Crippen molar-refractivity contribution in [3.8, 4) is 5.75 Å². The lowest BCUT2D eigenvalue weighted by Gasteiger charge is -2.28. The van der Waals surface area contributed by atoms with E-state index in [0.717, 1.165) is 16.1 Å². The number of sulfonamides is 1. The van der Waals surface area contributed by atoms with Gasteiger partial charge in [-0.2, -0.15) is 0 Å². The first kappa shape index (κ1) is 22.3. The maximum atomic E-state index is 12.6. The van der Waals surface area contributed by atoms with Crippen LogP contribution in [0.5, 0.6) is 5.75 Å². The fourth-order valence-electron chi connectivity index (χ4n) is 2.68. The van der Waals surface area contributed by atoms with Crippen molar-refractivity contribution in [2.75, 3.05) is 17.2 Å². The molecule has 1 amide bonds. The molecule has 0 fully saturated rings. The first-order valence-corrected chi connectivity index (χ1v) is 11.2. The lowest BCUT2D eigenvalue weighted by atomic mass is 10.2. The first-order chi connectivity index (χ1) is 13.1. The van der Waals surface area contributed by atoms with Gasteiger partial charge in [0.2, 0.25) is 15.9 Å². The van der Waals surface area contributed by atoms with Gasteiger partial charge in [-0.3, -0.25) is 9.10 Å². The molecule has 2 aromatic rings. The molecular weight excluding hydrogens is 423 g/mol. The summed E-state index contributed by atoms with van der Waals surface area (Å²) in [5, 5.41) is 3.26. The molecule has 1 atom stereocenters. The second-order valence-corrected chi connectivity index (χ2v) is 8.81. The molecule has 0 aliphatic carbocycles. The lowest BCUT2D eigenvalue weighted by Crippen LogP contribution is -2.47. The number of carbonyl (C=O) groups excluding carboxylic acids is 1. The zero-order valence-electron chi connectivity index (χ0n) is 15.8. The Morgan fingerprint density at radius 1 is 1.18 bits per heavy atom.